The third-order valence-electron chi connectivity index (χ3n) is 4.02. The molecule has 2 atom stereocenters. The monoisotopic (exact) mass is 303 g/mol. The molecule has 5 heteroatoms. The Hall–Kier alpha value is -2.17. The zero-order chi connectivity index (χ0) is 16.1. The molecule has 1 aliphatic heterocycles. The lowest BCUT2D eigenvalue weighted by Crippen LogP contribution is -2.45. The molecule has 0 bridgehead atoms. The molecule has 118 valence electrons. The van der Waals surface area contributed by atoms with Crippen molar-refractivity contribution in [1.29, 1.82) is 0 Å². The van der Waals surface area contributed by atoms with E-state index < -0.39 is 11.9 Å². The van der Waals surface area contributed by atoms with Gasteiger partial charge in [0.1, 0.15) is 0 Å². The van der Waals surface area contributed by atoms with Crippen molar-refractivity contribution >= 4 is 17.7 Å². The maximum absolute atomic E-state index is 12.2. The Kier molecular flexibility index (Phi) is 5.31. The standard InChI is InChI=1S/C17H21NO4/c1-12-9-14(17(21)22)11-18(10-12)16(20)8-7-15(19)13-5-3-2-4-6-13/h2-6,12,14H,7-11H2,1H3,(H,21,22). The number of carbonyl (C=O) groups is 3. The number of Topliss-reactive ketones (excluding diaryl/α,β-unsaturated/α-hetero) is 1. The Balaban J connectivity index is 1.89. The summed E-state index contributed by atoms with van der Waals surface area (Å²) in [6, 6.07) is 8.88. The van der Waals surface area contributed by atoms with Gasteiger partial charge in [-0.3, -0.25) is 14.4 Å². The first kappa shape index (κ1) is 16.2. The predicted molar refractivity (Wildman–Crippen MR) is 81.5 cm³/mol. The van der Waals surface area contributed by atoms with Crippen LogP contribution in [0.2, 0.25) is 0 Å². The number of aliphatic carboxylic acids is 1. The summed E-state index contributed by atoms with van der Waals surface area (Å²) in [6.07, 6.45) is 0.889. The largest absolute Gasteiger partial charge is 0.481 e. The van der Waals surface area contributed by atoms with Crippen molar-refractivity contribution in [2.45, 2.75) is 26.2 Å². The Bertz CT molecular complexity index is 555. The fraction of sp³-hybridized carbons (Fsp3) is 0.471. The van der Waals surface area contributed by atoms with Crippen LogP contribution in [0.1, 0.15) is 36.5 Å². The minimum Gasteiger partial charge on any atom is -0.481 e. The molecule has 1 N–H and O–H groups in total. The predicted octanol–water partition coefficient (Wildman–Crippen LogP) is 2.22. The molecule has 0 radical (unpaired) electrons. The molecule has 2 unspecified atom stereocenters. The normalized spacial score (nSPS) is 21.4. The number of hydrogen-bond acceptors (Lipinski definition) is 3. The molecule has 1 aromatic rings. The number of amides is 1. The number of carbonyl (C=O) groups excluding carboxylic acids is 2. The van der Waals surface area contributed by atoms with Crippen molar-refractivity contribution < 1.29 is 19.5 Å². The highest BCUT2D eigenvalue weighted by Crippen LogP contribution is 2.22. The molecule has 1 fully saturated rings. The number of rotatable bonds is 5. The van der Waals surface area contributed by atoms with Gasteiger partial charge in [0, 0.05) is 31.5 Å². The van der Waals surface area contributed by atoms with E-state index in [-0.39, 0.29) is 37.0 Å². The van der Waals surface area contributed by atoms with Crippen LogP contribution in [0.4, 0.5) is 0 Å². The minimum atomic E-state index is -0.857. The Morgan fingerprint density at radius 2 is 1.82 bits per heavy atom. The summed E-state index contributed by atoms with van der Waals surface area (Å²) in [5.74, 6) is -1.39. The summed E-state index contributed by atoms with van der Waals surface area (Å²) in [7, 11) is 0. The van der Waals surface area contributed by atoms with Crippen LogP contribution in [-0.4, -0.2) is 40.8 Å². The van der Waals surface area contributed by atoms with Gasteiger partial charge < -0.3 is 10.0 Å². The maximum Gasteiger partial charge on any atom is 0.308 e. The van der Waals surface area contributed by atoms with Gasteiger partial charge in [0.05, 0.1) is 5.92 Å². The first-order chi connectivity index (χ1) is 10.5. The van der Waals surface area contributed by atoms with E-state index in [9.17, 15) is 14.4 Å². The van der Waals surface area contributed by atoms with Crippen molar-refractivity contribution in [2.24, 2.45) is 11.8 Å². The second-order valence-corrected chi connectivity index (χ2v) is 5.96. The van der Waals surface area contributed by atoms with E-state index in [1.54, 1.807) is 29.2 Å². The summed E-state index contributed by atoms with van der Waals surface area (Å²) < 4.78 is 0. The van der Waals surface area contributed by atoms with Crippen molar-refractivity contribution in [1.82, 2.24) is 4.90 Å². The van der Waals surface area contributed by atoms with E-state index >= 15 is 0 Å². The first-order valence-corrected chi connectivity index (χ1v) is 7.56. The average Bonchev–Trinajstić information content (AvgIpc) is 2.52. The Labute approximate surface area is 129 Å². The molecule has 2 rings (SSSR count). The highest BCUT2D eigenvalue weighted by atomic mass is 16.4. The van der Waals surface area contributed by atoms with Crippen LogP contribution in [0.25, 0.3) is 0 Å². The van der Waals surface area contributed by atoms with Crippen molar-refractivity contribution in [3.63, 3.8) is 0 Å². The van der Waals surface area contributed by atoms with Crippen LogP contribution >= 0.6 is 0 Å². The van der Waals surface area contributed by atoms with Crippen LogP contribution < -0.4 is 0 Å². The molecule has 5 nitrogen and oxygen atoms in total. The van der Waals surface area contributed by atoms with Crippen molar-refractivity contribution in [3.05, 3.63) is 35.9 Å². The maximum atomic E-state index is 12.2. The molecular formula is C17H21NO4. The quantitative estimate of drug-likeness (QED) is 0.846. The van der Waals surface area contributed by atoms with Gasteiger partial charge in [0.25, 0.3) is 0 Å². The summed E-state index contributed by atoms with van der Waals surface area (Å²) in [5, 5.41) is 9.13. The number of nitrogens with zero attached hydrogens (tertiary/aromatic N) is 1. The molecule has 0 spiro atoms. The van der Waals surface area contributed by atoms with Crippen molar-refractivity contribution in [3.8, 4) is 0 Å². The van der Waals surface area contributed by atoms with Crippen LogP contribution in [0.5, 0.6) is 0 Å². The molecule has 1 saturated heterocycles. The molecule has 1 heterocycles. The van der Waals surface area contributed by atoms with Crippen LogP contribution in [0.3, 0.4) is 0 Å². The summed E-state index contributed by atoms with van der Waals surface area (Å²) >= 11 is 0. The van der Waals surface area contributed by atoms with E-state index in [4.69, 9.17) is 5.11 Å². The summed E-state index contributed by atoms with van der Waals surface area (Å²) in [6.45, 7) is 2.77. The molecule has 1 amide bonds. The van der Waals surface area contributed by atoms with Gasteiger partial charge in [-0.2, -0.15) is 0 Å². The fourth-order valence-corrected chi connectivity index (χ4v) is 2.88. The van der Waals surface area contributed by atoms with Gasteiger partial charge in [0.15, 0.2) is 5.78 Å². The molecule has 0 aromatic heterocycles. The topological polar surface area (TPSA) is 74.7 Å². The first-order valence-electron chi connectivity index (χ1n) is 7.56. The molecule has 22 heavy (non-hydrogen) atoms. The zero-order valence-electron chi connectivity index (χ0n) is 12.7. The van der Waals surface area contributed by atoms with E-state index in [2.05, 4.69) is 0 Å². The zero-order valence-corrected chi connectivity index (χ0v) is 12.7. The Morgan fingerprint density at radius 3 is 2.45 bits per heavy atom. The molecule has 1 aromatic carbocycles. The fourth-order valence-electron chi connectivity index (χ4n) is 2.88. The Morgan fingerprint density at radius 1 is 1.14 bits per heavy atom. The average molecular weight is 303 g/mol. The lowest BCUT2D eigenvalue weighted by atomic mass is 9.90. The van der Waals surface area contributed by atoms with E-state index in [1.165, 1.54) is 0 Å². The van der Waals surface area contributed by atoms with Gasteiger partial charge in [-0.1, -0.05) is 37.3 Å². The minimum absolute atomic E-state index is 0.0613. The number of likely N-dealkylation sites (tertiary alicyclic amines) is 1. The van der Waals surface area contributed by atoms with Gasteiger partial charge in [-0.25, -0.2) is 0 Å². The summed E-state index contributed by atoms with van der Waals surface area (Å²) in [4.78, 5) is 36.9. The number of benzene rings is 1. The molecule has 0 saturated carbocycles. The number of carboxylic acids is 1. The second-order valence-electron chi connectivity index (χ2n) is 5.96. The van der Waals surface area contributed by atoms with Gasteiger partial charge in [-0.05, 0) is 12.3 Å². The lowest BCUT2D eigenvalue weighted by molar-refractivity contribution is -0.146. The third kappa shape index (κ3) is 4.16. The van der Waals surface area contributed by atoms with Gasteiger partial charge >= 0.3 is 5.97 Å². The highest BCUT2D eigenvalue weighted by molar-refractivity contribution is 5.97. The number of ketones is 1. The van der Waals surface area contributed by atoms with Gasteiger partial charge in [-0.15, -0.1) is 0 Å². The number of hydrogen-bond donors (Lipinski definition) is 1. The third-order valence-corrected chi connectivity index (χ3v) is 4.02. The number of piperidine rings is 1. The molecular weight excluding hydrogens is 282 g/mol. The van der Waals surface area contributed by atoms with Crippen LogP contribution in [0, 0.1) is 11.8 Å². The van der Waals surface area contributed by atoms with Crippen molar-refractivity contribution in [2.75, 3.05) is 13.1 Å². The van der Waals surface area contributed by atoms with Crippen LogP contribution in [0.15, 0.2) is 30.3 Å². The second kappa shape index (κ2) is 7.20. The van der Waals surface area contributed by atoms with E-state index in [1.807, 2.05) is 13.0 Å². The SMILES string of the molecule is CC1CC(C(=O)O)CN(C(=O)CCC(=O)c2ccccc2)C1. The number of carboxylic acid groups (broad SMARTS) is 1. The summed E-state index contributed by atoms with van der Waals surface area (Å²) in [5.41, 5.74) is 0.603. The lowest BCUT2D eigenvalue weighted by Gasteiger charge is -2.34. The van der Waals surface area contributed by atoms with E-state index in [0.29, 0.717) is 18.5 Å². The smallest absolute Gasteiger partial charge is 0.308 e. The van der Waals surface area contributed by atoms with E-state index in [0.717, 1.165) is 0 Å². The van der Waals surface area contributed by atoms with Gasteiger partial charge in [0.2, 0.25) is 5.91 Å². The van der Waals surface area contributed by atoms with Crippen LogP contribution in [-0.2, 0) is 9.59 Å². The highest BCUT2D eigenvalue weighted by Gasteiger charge is 2.31. The molecule has 0 aliphatic carbocycles. The molecule has 1 aliphatic rings.